The van der Waals surface area contributed by atoms with Gasteiger partial charge in [-0.1, -0.05) is 18.2 Å². The van der Waals surface area contributed by atoms with Crippen molar-refractivity contribution in [3.8, 4) is 17.2 Å². The van der Waals surface area contributed by atoms with Crippen LogP contribution in [0.2, 0.25) is 0 Å². The van der Waals surface area contributed by atoms with E-state index in [1.807, 2.05) is 43.3 Å². The predicted octanol–water partition coefficient (Wildman–Crippen LogP) is 3.69. The molecule has 138 valence electrons. The minimum atomic E-state index is -0.0925. The van der Waals surface area contributed by atoms with Crippen LogP contribution in [0.1, 0.15) is 16.7 Å². The largest absolute Gasteiger partial charge is 0.496 e. The third-order valence-electron chi connectivity index (χ3n) is 4.17. The van der Waals surface area contributed by atoms with Crippen LogP contribution >= 0.6 is 0 Å². The molecule has 0 aromatic heterocycles. The summed E-state index contributed by atoms with van der Waals surface area (Å²) >= 11 is 0. The van der Waals surface area contributed by atoms with Gasteiger partial charge in [-0.25, -0.2) is 0 Å². The summed E-state index contributed by atoms with van der Waals surface area (Å²) < 4.78 is 15.9. The zero-order chi connectivity index (χ0) is 19.1. The first kappa shape index (κ1) is 19.4. The first-order valence-electron chi connectivity index (χ1n) is 8.27. The van der Waals surface area contributed by atoms with Crippen molar-refractivity contribution in [3.05, 3.63) is 59.2 Å². The summed E-state index contributed by atoms with van der Waals surface area (Å²) in [7, 11) is 6.59. The quantitative estimate of drug-likeness (QED) is 0.711. The molecule has 2 aromatic rings. The lowest BCUT2D eigenvalue weighted by Crippen LogP contribution is -2.24. The maximum Gasteiger partial charge on any atom is 0.246 e. The van der Waals surface area contributed by atoms with Gasteiger partial charge in [0.15, 0.2) is 11.5 Å². The number of hydrogen-bond donors (Lipinski definition) is 0. The average molecular weight is 355 g/mol. The summed E-state index contributed by atoms with van der Waals surface area (Å²) in [5, 5.41) is 0. The third kappa shape index (κ3) is 4.57. The lowest BCUT2D eigenvalue weighted by atomic mass is 10.1. The van der Waals surface area contributed by atoms with Crippen molar-refractivity contribution in [2.75, 3.05) is 28.4 Å². The molecule has 0 spiro atoms. The summed E-state index contributed by atoms with van der Waals surface area (Å²) in [6.07, 6.45) is 3.31. The Morgan fingerprint density at radius 3 is 2.27 bits per heavy atom. The molecule has 0 unspecified atom stereocenters. The Hall–Kier alpha value is -2.95. The highest BCUT2D eigenvalue weighted by Gasteiger charge is 2.12. The summed E-state index contributed by atoms with van der Waals surface area (Å²) in [4.78, 5) is 14.1. The van der Waals surface area contributed by atoms with Gasteiger partial charge >= 0.3 is 0 Å². The van der Waals surface area contributed by atoms with Crippen LogP contribution < -0.4 is 14.2 Å². The van der Waals surface area contributed by atoms with Gasteiger partial charge in [0.25, 0.3) is 0 Å². The minimum Gasteiger partial charge on any atom is -0.496 e. The number of likely N-dealkylation sites (N-methyl/N-ethyl adjacent to an activating group) is 1. The van der Waals surface area contributed by atoms with Gasteiger partial charge in [-0.15, -0.1) is 0 Å². The van der Waals surface area contributed by atoms with Crippen LogP contribution in [0.3, 0.4) is 0 Å². The SMILES string of the molecule is COc1ccccc1/C=C/C(=O)N(C)Cc1cc(OC)c(OC)cc1C. The van der Waals surface area contributed by atoms with Crippen LogP contribution in [-0.2, 0) is 11.3 Å². The monoisotopic (exact) mass is 355 g/mol. The lowest BCUT2D eigenvalue weighted by molar-refractivity contribution is -0.125. The smallest absolute Gasteiger partial charge is 0.246 e. The van der Waals surface area contributed by atoms with Gasteiger partial charge in [0.2, 0.25) is 5.91 Å². The van der Waals surface area contributed by atoms with Crippen LogP contribution in [-0.4, -0.2) is 39.2 Å². The van der Waals surface area contributed by atoms with E-state index in [2.05, 4.69) is 0 Å². The molecule has 0 aliphatic rings. The number of ether oxygens (including phenoxy) is 3. The van der Waals surface area contributed by atoms with Crippen molar-refractivity contribution in [1.82, 2.24) is 4.90 Å². The second-order valence-corrected chi connectivity index (χ2v) is 5.90. The van der Waals surface area contributed by atoms with E-state index in [0.29, 0.717) is 18.0 Å². The number of hydrogen-bond acceptors (Lipinski definition) is 4. The maximum absolute atomic E-state index is 12.5. The van der Waals surface area contributed by atoms with Gasteiger partial charge < -0.3 is 19.1 Å². The fourth-order valence-electron chi connectivity index (χ4n) is 2.62. The van der Waals surface area contributed by atoms with Gasteiger partial charge in [-0.3, -0.25) is 4.79 Å². The van der Waals surface area contributed by atoms with Gasteiger partial charge in [-0.05, 0) is 42.3 Å². The summed E-state index contributed by atoms with van der Waals surface area (Å²) in [6.45, 7) is 2.46. The molecule has 0 radical (unpaired) electrons. The molecule has 0 heterocycles. The molecule has 0 saturated heterocycles. The summed E-state index contributed by atoms with van der Waals surface area (Å²) in [5.41, 5.74) is 2.90. The van der Waals surface area contributed by atoms with E-state index in [4.69, 9.17) is 14.2 Å². The number of para-hydroxylation sites is 1. The number of rotatable bonds is 7. The standard InChI is InChI=1S/C21H25NO4/c1-15-12-19(25-4)20(26-5)13-17(15)14-22(2)21(23)11-10-16-8-6-7-9-18(16)24-3/h6-13H,14H2,1-5H3/b11-10+. The highest BCUT2D eigenvalue weighted by Crippen LogP contribution is 2.30. The zero-order valence-corrected chi connectivity index (χ0v) is 15.9. The molecule has 0 aliphatic carbocycles. The van der Waals surface area contributed by atoms with Gasteiger partial charge in [0, 0.05) is 25.2 Å². The molecule has 0 fully saturated rings. The van der Waals surface area contributed by atoms with E-state index >= 15 is 0 Å². The van der Waals surface area contributed by atoms with Crippen LogP contribution in [0, 0.1) is 6.92 Å². The second-order valence-electron chi connectivity index (χ2n) is 5.90. The number of carbonyl (C=O) groups excluding carboxylic acids is 1. The third-order valence-corrected chi connectivity index (χ3v) is 4.17. The predicted molar refractivity (Wildman–Crippen MR) is 103 cm³/mol. The molecule has 0 N–H and O–H groups in total. The normalized spacial score (nSPS) is 10.7. The van der Waals surface area contributed by atoms with Crippen LogP contribution in [0.5, 0.6) is 17.2 Å². The van der Waals surface area contributed by atoms with E-state index < -0.39 is 0 Å². The van der Waals surface area contributed by atoms with E-state index in [9.17, 15) is 4.79 Å². The summed E-state index contributed by atoms with van der Waals surface area (Å²) in [6, 6.07) is 11.4. The topological polar surface area (TPSA) is 48.0 Å². The van der Waals surface area contributed by atoms with Crippen molar-refractivity contribution < 1.29 is 19.0 Å². The molecular formula is C21H25NO4. The zero-order valence-electron chi connectivity index (χ0n) is 15.9. The molecule has 0 saturated carbocycles. The molecule has 2 aromatic carbocycles. The number of nitrogens with zero attached hydrogens (tertiary/aromatic N) is 1. The molecule has 0 bridgehead atoms. The number of methoxy groups -OCH3 is 3. The van der Waals surface area contributed by atoms with Gasteiger partial charge in [0.1, 0.15) is 5.75 Å². The Morgan fingerprint density at radius 2 is 1.62 bits per heavy atom. The molecule has 5 nitrogen and oxygen atoms in total. The van der Waals surface area contributed by atoms with Crippen LogP contribution in [0.25, 0.3) is 6.08 Å². The van der Waals surface area contributed by atoms with Gasteiger partial charge in [-0.2, -0.15) is 0 Å². The van der Waals surface area contributed by atoms with Gasteiger partial charge in [0.05, 0.1) is 21.3 Å². The van der Waals surface area contributed by atoms with Crippen molar-refractivity contribution in [2.45, 2.75) is 13.5 Å². The van der Waals surface area contributed by atoms with Crippen molar-refractivity contribution >= 4 is 12.0 Å². The Morgan fingerprint density at radius 1 is 1.00 bits per heavy atom. The molecule has 2 rings (SSSR count). The van der Waals surface area contributed by atoms with Crippen molar-refractivity contribution in [1.29, 1.82) is 0 Å². The van der Waals surface area contributed by atoms with Crippen molar-refractivity contribution in [3.63, 3.8) is 0 Å². The summed E-state index contributed by atoms with van der Waals surface area (Å²) in [5.74, 6) is 1.97. The first-order chi connectivity index (χ1) is 12.5. The average Bonchev–Trinajstić information content (AvgIpc) is 2.67. The number of benzene rings is 2. The molecule has 5 heteroatoms. The van der Waals surface area contributed by atoms with E-state index in [0.717, 1.165) is 22.4 Å². The highest BCUT2D eigenvalue weighted by molar-refractivity contribution is 5.92. The molecule has 26 heavy (non-hydrogen) atoms. The molecule has 0 aliphatic heterocycles. The fourth-order valence-corrected chi connectivity index (χ4v) is 2.62. The van der Waals surface area contributed by atoms with E-state index in [-0.39, 0.29) is 5.91 Å². The highest BCUT2D eigenvalue weighted by atomic mass is 16.5. The number of aryl methyl sites for hydroxylation is 1. The number of amides is 1. The fraction of sp³-hybridized carbons (Fsp3) is 0.286. The molecule has 0 atom stereocenters. The second kappa shape index (κ2) is 8.94. The van der Waals surface area contributed by atoms with E-state index in [1.165, 1.54) is 0 Å². The van der Waals surface area contributed by atoms with Crippen LogP contribution in [0.4, 0.5) is 0 Å². The Bertz CT molecular complexity index is 799. The molecular weight excluding hydrogens is 330 g/mol. The molecule has 1 amide bonds. The van der Waals surface area contributed by atoms with Crippen molar-refractivity contribution in [2.24, 2.45) is 0 Å². The van der Waals surface area contributed by atoms with E-state index in [1.54, 1.807) is 45.4 Å². The minimum absolute atomic E-state index is 0.0925. The maximum atomic E-state index is 12.5. The first-order valence-corrected chi connectivity index (χ1v) is 8.27. The Balaban J connectivity index is 2.13. The Kier molecular flexibility index (Phi) is 6.67. The van der Waals surface area contributed by atoms with Crippen LogP contribution in [0.15, 0.2) is 42.5 Å². The Labute approximate surface area is 154 Å². The lowest BCUT2D eigenvalue weighted by Gasteiger charge is -2.18. The number of carbonyl (C=O) groups is 1.